The molecule has 1 unspecified atom stereocenters. The summed E-state index contributed by atoms with van der Waals surface area (Å²) in [5, 5.41) is 9.20. The van der Waals surface area contributed by atoms with Gasteiger partial charge in [-0.2, -0.15) is 0 Å². The molecule has 0 aliphatic carbocycles. The van der Waals surface area contributed by atoms with Crippen LogP contribution in [0, 0.1) is 0 Å². The summed E-state index contributed by atoms with van der Waals surface area (Å²) in [5.74, 6) is 0.448. The van der Waals surface area contributed by atoms with Gasteiger partial charge in [0.2, 0.25) is 0 Å². The summed E-state index contributed by atoms with van der Waals surface area (Å²) in [6.07, 6.45) is 0. The predicted molar refractivity (Wildman–Crippen MR) is 72.2 cm³/mol. The highest BCUT2D eigenvalue weighted by Gasteiger charge is 2.29. The van der Waals surface area contributed by atoms with Crippen LogP contribution in [-0.2, 0) is 16.1 Å². The molecule has 1 aromatic rings. The molecule has 1 atom stereocenters. The molecule has 1 aliphatic heterocycles. The lowest BCUT2D eigenvalue weighted by Crippen LogP contribution is -2.49. The van der Waals surface area contributed by atoms with E-state index in [1.807, 2.05) is 23.1 Å². The summed E-state index contributed by atoms with van der Waals surface area (Å²) in [4.78, 5) is 13.1. The van der Waals surface area contributed by atoms with Crippen LogP contribution >= 0.6 is 0 Å². The Morgan fingerprint density at radius 2 is 2.15 bits per heavy atom. The molecule has 6 heteroatoms. The number of morpholine rings is 1. The Labute approximate surface area is 117 Å². The van der Waals surface area contributed by atoms with Crippen molar-refractivity contribution < 1.29 is 24.1 Å². The molecule has 0 spiro atoms. The minimum Gasteiger partial charge on any atom is -0.493 e. The SMILES string of the molecule is COc1ccc(CN2CCOCC2C(=O)O)cc1OC. The Balaban J connectivity index is 2.13. The zero-order chi connectivity index (χ0) is 14.5. The fraction of sp³-hybridized carbons (Fsp3) is 0.500. The van der Waals surface area contributed by atoms with Crippen LogP contribution in [0.2, 0.25) is 0 Å². The van der Waals surface area contributed by atoms with Crippen molar-refractivity contribution in [3.8, 4) is 11.5 Å². The van der Waals surface area contributed by atoms with Crippen LogP contribution in [0.3, 0.4) is 0 Å². The van der Waals surface area contributed by atoms with Crippen molar-refractivity contribution in [3.05, 3.63) is 23.8 Å². The van der Waals surface area contributed by atoms with Crippen LogP contribution in [0.1, 0.15) is 5.56 Å². The monoisotopic (exact) mass is 281 g/mol. The number of hydrogen-bond donors (Lipinski definition) is 1. The van der Waals surface area contributed by atoms with Crippen molar-refractivity contribution >= 4 is 5.97 Å². The van der Waals surface area contributed by atoms with Gasteiger partial charge in [-0.05, 0) is 17.7 Å². The first-order valence-corrected chi connectivity index (χ1v) is 6.41. The molecule has 1 saturated heterocycles. The van der Waals surface area contributed by atoms with Crippen molar-refractivity contribution in [2.45, 2.75) is 12.6 Å². The lowest BCUT2D eigenvalue weighted by atomic mass is 10.1. The molecule has 110 valence electrons. The zero-order valence-electron chi connectivity index (χ0n) is 11.7. The number of carboxylic acids is 1. The number of methoxy groups -OCH3 is 2. The molecule has 1 fully saturated rings. The second kappa shape index (κ2) is 6.58. The van der Waals surface area contributed by atoms with Gasteiger partial charge in [-0.15, -0.1) is 0 Å². The van der Waals surface area contributed by atoms with E-state index < -0.39 is 12.0 Å². The summed E-state index contributed by atoms with van der Waals surface area (Å²) in [6, 6.07) is 5.00. The molecule has 1 aromatic carbocycles. The van der Waals surface area contributed by atoms with Gasteiger partial charge in [0.05, 0.1) is 27.4 Å². The predicted octanol–water partition coefficient (Wildman–Crippen LogP) is 0.989. The largest absolute Gasteiger partial charge is 0.493 e. The highest BCUT2D eigenvalue weighted by molar-refractivity contribution is 5.73. The number of aliphatic carboxylic acids is 1. The van der Waals surface area contributed by atoms with E-state index in [4.69, 9.17) is 14.2 Å². The van der Waals surface area contributed by atoms with Gasteiger partial charge in [-0.25, -0.2) is 0 Å². The Bertz CT molecular complexity index is 477. The van der Waals surface area contributed by atoms with E-state index in [0.29, 0.717) is 31.2 Å². The van der Waals surface area contributed by atoms with Crippen molar-refractivity contribution in [3.63, 3.8) is 0 Å². The number of hydrogen-bond acceptors (Lipinski definition) is 5. The molecule has 1 heterocycles. The first-order chi connectivity index (χ1) is 9.65. The van der Waals surface area contributed by atoms with E-state index in [1.54, 1.807) is 14.2 Å². The number of nitrogens with zero attached hydrogens (tertiary/aromatic N) is 1. The summed E-state index contributed by atoms with van der Waals surface area (Å²) in [5.41, 5.74) is 0.982. The summed E-state index contributed by atoms with van der Waals surface area (Å²) < 4.78 is 15.7. The van der Waals surface area contributed by atoms with Crippen LogP contribution < -0.4 is 9.47 Å². The standard InChI is InChI=1S/C14H19NO5/c1-18-12-4-3-10(7-13(12)19-2)8-15-5-6-20-9-11(15)14(16)17/h3-4,7,11H,5-6,8-9H2,1-2H3,(H,16,17). The van der Waals surface area contributed by atoms with E-state index in [-0.39, 0.29) is 6.61 Å². The smallest absolute Gasteiger partial charge is 0.323 e. The summed E-state index contributed by atoms with van der Waals surface area (Å²) >= 11 is 0. The second-order valence-electron chi connectivity index (χ2n) is 4.59. The highest BCUT2D eigenvalue weighted by Crippen LogP contribution is 2.28. The molecule has 0 amide bonds. The molecule has 0 aromatic heterocycles. The molecule has 20 heavy (non-hydrogen) atoms. The summed E-state index contributed by atoms with van der Waals surface area (Å²) in [6.45, 7) is 1.92. The molecule has 1 N–H and O–H groups in total. The molecule has 0 radical (unpaired) electrons. The van der Waals surface area contributed by atoms with Crippen LogP contribution in [0.5, 0.6) is 11.5 Å². The fourth-order valence-electron chi connectivity index (χ4n) is 2.27. The van der Waals surface area contributed by atoms with Crippen molar-refractivity contribution in [2.24, 2.45) is 0 Å². The first kappa shape index (κ1) is 14.6. The third-order valence-electron chi connectivity index (χ3n) is 3.36. The van der Waals surface area contributed by atoms with Gasteiger partial charge in [-0.3, -0.25) is 9.69 Å². The number of benzene rings is 1. The zero-order valence-corrected chi connectivity index (χ0v) is 11.7. The molecular formula is C14H19NO5. The quantitative estimate of drug-likeness (QED) is 0.868. The minimum atomic E-state index is -0.856. The summed E-state index contributed by atoms with van der Waals surface area (Å²) in [7, 11) is 3.16. The van der Waals surface area contributed by atoms with Gasteiger partial charge >= 0.3 is 5.97 Å². The van der Waals surface area contributed by atoms with Crippen LogP contribution in [0.25, 0.3) is 0 Å². The van der Waals surface area contributed by atoms with Crippen LogP contribution in [0.4, 0.5) is 0 Å². The van der Waals surface area contributed by atoms with Crippen molar-refractivity contribution in [2.75, 3.05) is 34.0 Å². The maximum Gasteiger partial charge on any atom is 0.323 e. The first-order valence-electron chi connectivity index (χ1n) is 6.41. The van der Waals surface area contributed by atoms with Crippen molar-refractivity contribution in [1.29, 1.82) is 0 Å². The molecule has 0 bridgehead atoms. The van der Waals surface area contributed by atoms with Gasteiger partial charge in [0, 0.05) is 13.1 Å². The van der Waals surface area contributed by atoms with Gasteiger partial charge < -0.3 is 19.3 Å². The Kier molecular flexibility index (Phi) is 4.81. The number of rotatable bonds is 5. The van der Waals surface area contributed by atoms with Gasteiger partial charge in [0.15, 0.2) is 11.5 Å². The molecule has 1 aliphatic rings. The topological polar surface area (TPSA) is 68.2 Å². The lowest BCUT2D eigenvalue weighted by molar-refractivity contribution is -0.150. The molecule has 0 saturated carbocycles. The van der Waals surface area contributed by atoms with E-state index in [2.05, 4.69) is 0 Å². The second-order valence-corrected chi connectivity index (χ2v) is 4.59. The Morgan fingerprint density at radius 3 is 2.80 bits per heavy atom. The van der Waals surface area contributed by atoms with Crippen molar-refractivity contribution in [1.82, 2.24) is 4.90 Å². The average molecular weight is 281 g/mol. The third kappa shape index (κ3) is 3.20. The molecule has 6 nitrogen and oxygen atoms in total. The maximum absolute atomic E-state index is 11.2. The molecular weight excluding hydrogens is 262 g/mol. The number of ether oxygens (including phenoxy) is 3. The Morgan fingerprint density at radius 1 is 1.40 bits per heavy atom. The van der Waals surface area contributed by atoms with Gasteiger partial charge in [-0.1, -0.05) is 6.07 Å². The number of carboxylic acid groups (broad SMARTS) is 1. The van der Waals surface area contributed by atoms with E-state index in [9.17, 15) is 9.90 Å². The van der Waals surface area contributed by atoms with E-state index >= 15 is 0 Å². The van der Waals surface area contributed by atoms with E-state index in [0.717, 1.165) is 5.56 Å². The third-order valence-corrected chi connectivity index (χ3v) is 3.36. The Hall–Kier alpha value is -1.79. The number of carbonyl (C=O) groups is 1. The molecule has 2 rings (SSSR count). The van der Waals surface area contributed by atoms with E-state index in [1.165, 1.54) is 0 Å². The van der Waals surface area contributed by atoms with Gasteiger partial charge in [0.1, 0.15) is 6.04 Å². The van der Waals surface area contributed by atoms with Crippen LogP contribution in [0.15, 0.2) is 18.2 Å². The average Bonchev–Trinajstić information content (AvgIpc) is 2.47. The maximum atomic E-state index is 11.2. The highest BCUT2D eigenvalue weighted by atomic mass is 16.5. The fourth-order valence-corrected chi connectivity index (χ4v) is 2.27. The van der Waals surface area contributed by atoms with Crippen LogP contribution in [-0.4, -0.2) is 56.0 Å². The normalized spacial score (nSPS) is 19.6. The minimum absolute atomic E-state index is 0.225. The van der Waals surface area contributed by atoms with Gasteiger partial charge in [0.25, 0.3) is 0 Å². The lowest BCUT2D eigenvalue weighted by Gasteiger charge is -2.32.